The molecule has 0 aliphatic carbocycles. The highest BCUT2D eigenvalue weighted by atomic mass is 16.7. The number of benzene rings is 1. The summed E-state index contributed by atoms with van der Waals surface area (Å²) in [5, 5.41) is 0. The first-order valence-corrected chi connectivity index (χ1v) is 5.15. The largest absolute Gasteiger partial charge is 0.448 e. The molecule has 3 heteroatoms. The second-order valence-electron chi connectivity index (χ2n) is 4.16. The predicted molar refractivity (Wildman–Crippen MR) is 56.7 cm³/mol. The molecule has 2 aliphatic rings. The molecule has 0 amide bonds. The topological polar surface area (TPSA) is 30.8 Å². The molecule has 1 saturated heterocycles. The van der Waals surface area contributed by atoms with E-state index in [1.807, 2.05) is 32.0 Å². The number of nitrogens with zero attached hydrogens (tertiary/aromatic N) is 1. The van der Waals surface area contributed by atoms with Gasteiger partial charge in [-0.3, -0.25) is 0 Å². The molecule has 1 fully saturated rings. The van der Waals surface area contributed by atoms with Crippen LogP contribution < -0.4 is 0 Å². The summed E-state index contributed by atoms with van der Waals surface area (Å²) in [6.07, 6.45) is 0.0497. The lowest BCUT2D eigenvalue weighted by atomic mass is 9.90. The summed E-state index contributed by atoms with van der Waals surface area (Å²) in [6, 6.07) is 10.3. The van der Waals surface area contributed by atoms with E-state index in [4.69, 9.17) is 9.47 Å². The maximum absolute atomic E-state index is 5.77. The minimum Gasteiger partial charge on any atom is -0.448 e. The Morgan fingerprint density at radius 2 is 2.00 bits per heavy atom. The fraction of sp³-hybridized carbons (Fsp3) is 0.417. The molecule has 0 N–H and O–H groups in total. The molecule has 78 valence electrons. The number of hydrogen-bond acceptors (Lipinski definition) is 3. The summed E-state index contributed by atoms with van der Waals surface area (Å²) in [4.78, 5) is 4.46. The SMILES string of the molecule is CC1=N[C@@H]2[C@H](c3ccccc3)O[C@]2(C)O1. The van der Waals surface area contributed by atoms with Crippen molar-refractivity contribution in [1.82, 2.24) is 0 Å². The van der Waals surface area contributed by atoms with Crippen molar-refractivity contribution in [3.63, 3.8) is 0 Å². The molecule has 3 nitrogen and oxygen atoms in total. The van der Waals surface area contributed by atoms with Gasteiger partial charge in [0.1, 0.15) is 12.1 Å². The standard InChI is InChI=1S/C12H13NO2/c1-8-13-11-10(15-12(11,2)14-8)9-6-4-3-5-7-9/h3-7,10-11H,1-2H3/t10-,11+,12-/m0/s1. The van der Waals surface area contributed by atoms with E-state index in [9.17, 15) is 0 Å². The Balaban J connectivity index is 1.88. The van der Waals surface area contributed by atoms with Crippen LogP contribution in [-0.4, -0.2) is 17.7 Å². The van der Waals surface area contributed by atoms with Crippen LogP contribution in [0.1, 0.15) is 25.5 Å². The van der Waals surface area contributed by atoms with E-state index in [-0.39, 0.29) is 12.1 Å². The Kier molecular flexibility index (Phi) is 1.68. The van der Waals surface area contributed by atoms with Gasteiger partial charge in [0.2, 0.25) is 5.79 Å². The van der Waals surface area contributed by atoms with E-state index < -0.39 is 5.79 Å². The van der Waals surface area contributed by atoms with Gasteiger partial charge in [-0.1, -0.05) is 30.3 Å². The lowest BCUT2D eigenvalue weighted by molar-refractivity contribution is -0.305. The van der Waals surface area contributed by atoms with Crippen LogP contribution in [-0.2, 0) is 9.47 Å². The van der Waals surface area contributed by atoms with E-state index in [0.29, 0.717) is 0 Å². The molecule has 2 heterocycles. The van der Waals surface area contributed by atoms with Crippen molar-refractivity contribution in [2.45, 2.75) is 31.8 Å². The summed E-state index contributed by atoms with van der Waals surface area (Å²) in [7, 11) is 0. The van der Waals surface area contributed by atoms with Gasteiger partial charge in [-0.15, -0.1) is 0 Å². The third-order valence-corrected chi connectivity index (χ3v) is 2.98. The van der Waals surface area contributed by atoms with Crippen LogP contribution in [0.4, 0.5) is 0 Å². The van der Waals surface area contributed by atoms with Gasteiger partial charge in [-0.05, 0) is 5.56 Å². The molecular formula is C12H13NO2. The Morgan fingerprint density at radius 1 is 1.27 bits per heavy atom. The maximum atomic E-state index is 5.77. The monoisotopic (exact) mass is 203 g/mol. The van der Waals surface area contributed by atoms with Crippen LogP contribution in [0.15, 0.2) is 35.3 Å². The van der Waals surface area contributed by atoms with E-state index in [0.717, 1.165) is 5.90 Å². The lowest BCUT2D eigenvalue weighted by Crippen LogP contribution is -2.55. The van der Waals surface area contributed by atoms with Crippen molar-refractivity contribution in [1.29, 1.82) is 0 Å². The number of rotatable bonds is 1. The van der Waals surface area contributed by atoms with Crippen LogP contribution in [0.2, 0.25) is 0 Å². The number of aliphatic imine (C=N–C) groups is 1. The smallest absolute Gasteiger partial charge is 0.235 e. The van der Waals surface area contributed by atoms with Crippen LogP contribution in [0.3, 0.4) is 0 Å². The normalized spacial score (nSPS) is 37.6. The van der Waals surface area contributed by atoms with E-state index in [2.05, 4.69) is 17.1 Å². The zero-order valence-electron chi connectivity index (χ0n) is 8.81. The van der Waals surface area contributed by atoms with Crippen molar-refractivity contribution in [2.75, 3.05) is 0 Å². The van der Waals surface area contributed by atoms with Gasteiger partial charge in [0.25, 0.3) is 0 Å². The molecule has 15 heavy (non-hydrogen) atoms. The first-order chi connectivity index (χ1) is 7.19. The summed E-state index contributed by atoms with van der Waals surface area (Å²) in [5.41, 5.74) is 1.17. The van der Waals surface area contributed by atoms with Gasteiger partial charge in [0, 0.05) is 13.8 Å². The van der Waals surface area contributed by atoms with E-state index in [1.54, 1.807) is 0 Å². The van der Waals surface area contributed by atoms with Gasteiger partial charge < -0.3 is 9.47 Å². The molecule has 0 unspecified atom stereocenters. The van der Waals surface area contributed by atoms with Crippen molar-refractivity contribution in [3.05, 3.63) is 35.9 Å². The third kappa shape index (κ3) is 1.20. The molecule has 0 spiro atoms. The quantitative estimate of drug-likeness (QED) is 0.701. The Bertz CT molecular complexity index is 415. The number of fused-ring (bicyclic) bond motifs is 1. The fourth-order valence-electron chi connectivity index (χ4n) is 2.27. The summed E-state index contributed by atoms with van der Waals surface area (Å²) in [5.74, 6) is 0.200. The molecule has 1 aromatic rings. The van der Waals surface area contributed by atoms with Crippen LogP contribution in [0.5, 0.6) is 0 Å². The second kappa shape index (κ2) is 2.83. The molecule has 0 saturated carbocycles. The van der Waals surface area contributed by atoms with Crippen molar-refractivity contribution in [2.24, 2.45) is 4.99 Å². The minimum absolute atomic E-state index is 0.0497. The van der Waals surface area contributed by atoms with Gasteiger partial charge in [-0.2, -0.15) is 0 Å². The zero-order chi connectivity index (χ0) is 10.5. The highest BCUT2D eigenvalue weighted by Gasteiger charge is 2.58. The average molecular weight is 203 g/mol. The Morgan fingerprint density at radius 3 is 2.67 bits per heavy atom. The maximum Gasteiger partial charge on any atom is 0.235 e. The average Bonchev–Trinajstić information content (AvgIpc) is 2.44. The first-order valence-electron chi connectivity index (χ1n) is 5.15. The van der Waals surface area contributed by atoms with Crippen molar-refractivity contribution in [3.8, 4) is 0 Å². The number of hydrogen-bond donors (Lipinski definition) is 0. The van der Waals surface area contributed by atoms with E-state index in [1.165, 1.54) is 5.56 Å². The molecule has 3 atom stereocenters. The Labute approximate surface area is 88.7 Å². The summed E-state index contributed by atoms with van der Waals surface area (Å²) >= 11 is 0. The molecular weight excluding hydrogens is 190 g/mol. The Hall–Kier alpha value is -1.35. The van der Waals surface area contributed by atoms with E-state index >= 15 is 0 Å². The third-order valence-electron chi connectivity index (χ3n) is 2.98. The van der Waals surface area contributed by atoms with Crippen LogP contribution in [0.25, 0.3) is 0 Å². The highest BCUT2D eigenvalue weighted by molar-refractivity contribution is 5.76. The van der Waals surface area contributed by atoms with Gasteiger partial charge in [0.05, 0.1) is 0 Å². The summed E-state index contributed by atoms with van der Waals surface area (Å²) in [6.45, 7) is 3.81. The van der Waals surface area contributed by atoms with Crippen LogP contribution >= 0.6 is 0 Å². The molecule has 2 aliphatic heterocycles. The molecule has 0 aromatic heterocycles. The number of ether oxygens (including phenoxy) is 2. The second-order valence-corrected chi connectivity index (χ2v) is 4.16. The summed E-state index contributed by atoms with van der Waals surface area (Å²) < 4.78 is 11.3. The van der Waals surface area contributed by atoms with Gasteiger partial charge in [-0.25, -0.2) is 4.99 Å². The fourth-order valence-corrected chi connectivity index (χ4v) is 2.27. The molecule has 0 bridgehead atoms. The first kappa shape index (κ1) is 8.92. The molecule has 1 aromatic carbocycles. The minimum atomic E-state index is -0.523. The predicted octanol–water partition coefficient (Wildman–Crippen LogP) is 2.29. The van der Waals surface area contributed by atoms with Gasteiger partial charge in [0.15, 0.2) is 5.90 Å². The zero-order valence-corrected chi connectivity index (χ0v) is 8.81. The highest BCUT2D eigenvalue weighted by Crippen LogP contribution is 2.49. The molecule has 0 radical (unpaired) electrons. The van der Waals surface area contributed by atoms with Crippen molar-refractivity contribution >= 4 is 5.90 Å². The molecule has 3 rings (SSSR count). The van der Waals surface area contributed by atoms with Crippen molar-refractivity contribution < 1.29 is 9.47 Å². The lowest BCUT2D eigenvalue weighted by Gasteiger charge is -2.45. The van der Waals surface area contributed by atoms with Crippen LogP contribution in [0, 0.1) is 0 Å². The van der Waals surface area contributed by atoms with Gasteiger partial charge >= 0.3 is 0 Å².